The molecule has 4 rings (SSSR count). The van der Waals surface area contributed by atoms with E-state index in [0.717, 1.165) is 21.9 Å². The quantitative estimate of drug-likeness (QED) is 0.343. The van der Waals surface area contributed by atoms with Crippen molar-refractivity contribution in [3.05, 3.63) is 107 Å². The van der Waals surface area contributed by atoms with E-state index in [-0.39, 0.29) is 17.1 Å². The summed E-state index contributed by atoms with van der Waals surface area (Å²) >= 11 is 0. The SMILES string of the molecule is O=C(NN=Cc1cccc(OCc2ccc(F)cc2)c1)c1cc2ccccc2cc1O. The largest absolute Gasteiger partial charge is 0.507 e. The van der Waals surface area contributed by atoms with Crippen LogP contribution in [0.15, 0.2) is 90.0 Å². The van der Waals surface area contributed by atoms with Crippen molar-refractivity contribution < 1.29 is 19.0 Å². The highest BCUT2D eigenvalue weighted by molar-refractivity contribution is 6.01. The van der Waals surface area contributed by atoms with Gasteiger partial charge in [0.1, 0.15) is 23.9 Å². The summed E-state index contributed by atoms with van der Waals surface area (Å²) in [6, 6.07) is 23.9. The van der Waals surface area contributed by atoms with Gasteiger partial charge in [0.15, 0.2) is 0 Å². The molecule has 0 unspecified atom stereocenters. The first-order valence-corrected chi connectivity index (χ1v) is 9.61. The second kappa shape index (κ2) is 9.09. The minimum Gasteiger partial charge on any atom is -0.507 e. The molecule has 0 atom stereocenters. The fourth-order valence-electron chi connectivity index (χ4n) is 3.07. The number of phenols is 1. The molecule has 31 heavy (non-hydrogen) atoms. The van der Waals surface area contributed by atoms with Crippen LogP contribution in [-0.2, 0) is 6.61 Å². The Kier molecular flexibility index (Phi) is 5.89. The van der Waals surface area contributed by atoms with Crippen molar-refractivity contribution >= 4 is 22.9 Å². The van der Waals surface area contributed by atoms with Gasteiger partial charge in [0.05, 0.1) is 11.8 Å². The normalized spacial score (nSPS) is 11.0. The molecule has 0 aliphatic carbocycles. The number of ether oxygens (including phenoxy) is 1. The number of halogens is 1. The Morgan fingerprint density at radius 3 is 2.48 bits per heavy atom. The Morgan fingerprint density at radius 2 is 1.71 bits per heavy atom. The second-order valence-electron chi connectivity index (χ2n) is 6.90. The molecule has 5 nitrogen and oxygen atoms in total. The summed E-state index contributed by atoms with van der Waals surface area (Å²) in [5.41, 5.74) is 4.15. The number of rotatable bonds is 6. The molecular weight excluding hydrogens is 395 g/mol. The highest BCUT2D eigenvalue weighted by Crippen LogP contribution is 2.24. The number of hydrazone groups is 1. The van der Waals surface area contributed by atoms with E-state index in [4.69, 9.17) is 4.74 Å². The molecule has 0 saturated carbocycles. The number of fused-ring (bicyclic) bond motifs is 1. The average molecular weight is 414 g/mol. The highest BCUT2D eigenvalue weighted by atomic mass is 19.1. The number of hydrogen-bond donors (Lipinski definition) is 2. The number of amides is 1. The Hall–Kier alpha value is -4.19. The first-order valence-electron chi connectivity index (χ1n) is 9.61. The Morgan fingerprint density at radius 1 is 0.968 bits per heavy atom. The van der Waals surface area contributed by atoms with Crippen molar-refractivity contribution in [2.24, 2.45) is 5.10 Å². The van der Waals surface area contributed by atoms with Crippen LogP contribution in [0.25, 0.3) is 10.8 Å². The van der Waals surface area contributed by atoms with Crippen molar-refractivity contribution in [3.63, 3.8) is 0 Å². The summed E-state index contributed by atoms with van der Waals surface area (Å²) in [6.45, 7) is 0.304. The van der Waals surface area contributed by atoms with Crippen LogP contribution in [0.2, 0.25) is 0 Å². The van der Waals surface area contributed by atoms with Crippen LogP contribution < -0.4 is 10.2 Å². The van der Waals surface area contributed by atoms with Crippen LogP contribution in [0.4, 0.5) is 4.39 Å². The number of hydrogen-bond acceptors (Lipinski definition) is 4. The van der Waals surface area contributed by atoms with Gasteiger partial charge in [-0.3, -0.25) is 4.79 Å². The first kappa shape index (κ1) is 20.1. The number of aromatic hydroxyl groups is 1. The third-order valence-electron chi connectivity index (χ3n) is 4.67. The molecule has 0 radical (unpaired) electrons. The monoisotopic (exact) mass is 414 g/mol. The fraction of sp³-hybridized carbons (Fsp3) is 0.0400. The molecule has 0 heterocycles. The van der Waals surface area contributed by atoms with E-state index in [9.17, 15) is 14.3 Å². The number of phenolic OH excluding ortho intramolecular Hbond substituents is 1. The van der Waals surface area contributed by atoms with Gasteiger partial charge in [0, 0.05) is 0 Å². The number of nitrogens with zero attached hydrogens (tertiary/aromatic N) is 1. The third kappa shape index (κ3) is 5.05. The van der Waals surface area contributed by atoms with Crippen LogP contribution in [0.5, 0.6) is 11.5 Å². The van der Waals surface area contributed by atoms with E-state index in [1.54, 1.807) is 42.5 Å². The summed E-state index contributed by atoms with van der Waals surface area (Å²) in [5.74, 6) is -0.293. The number of carbonyl (C=O) groups is 1. The molecule has 0 aromatic heterocycles. The Balaban J connectivity index is 1.39. The van der Waals surface area contributed by atoms with Crippen molar-refractivity contribution in [2.75, 3.05) is 0 Å². The number of nitrogens with one attached hydrogen (secondary N) is 1. The zero-order valence-corrected chi connectivity index (χ0v) is 16.5. The minimum atomic E-state index is -0.511. The lowest BCUT2D eigenvalue weighted by molar-refractivity contribution is 0.0952. The van der Waals surface area contributed by atoms with Gasteiger partial charge >= 0.3 is 0 Å². The first-order chi connectivity index (χ1) is 15.1. The predicted molar refractivity (Wildman–Crippen MR) is 118 cm³/mol. The van der Waals surface area contributed by atoms with E-state index in [1.807, 2.05) is 30.3 Å². The summed E-state index contributed by atoms with van der Waals surface area (Å²) in [5, 5.41) is 15.8. The molecule has 154 valence electrons. The van der Waals surface area contributed by atoms with Crippen LogP contribution in [0, 0.1) is 5.82 Å². The van der Waals surface area contributed by atoms with Crippen LogP contribution in [0.3, 0.4) is 0 Å². The molecule has 2 N–H and O–H groups in total. The van der Waals surface area contributed by atoms with Gasteiger partial charge in [0.2, 0.25) is 0 Å². The standard InChI is InChI=1S/C25H19FN2O3/c26-21-10-8-17(9-11-21)16-31-22-7-3-4-18(12-22)15-27-28-25(30)23-13-19-5-1-2-6-20(19)14-24(23)29/h1-15,29H,16H2,(H,28,30). The average Bonchev–Trinajstić information content (AvgIpc) is 2.78. The molecular formula is C25H19FN2O3. The second-order valence-corrected chi connectivity index (χ2v) is 6.90. The van der Waals surface area contributed by atoms with E-state index in [1.165, 1.54) is 18.3 Å². The summed E-state index contributed by atoms with van der Waals surface area (Å²) in [6.07, 6.45) is 1.49. The van der Waals surface area contributed by atoms with Gasteiger partial charge in [-0.15, -0.1) is 0 Å². The van der Waals surface area contributed by atoms with Gasteiger partial charge in [-0.05, 0) is 58.3 Å². The molecule has 0 saturated heterocycles. The minimum absolute atomic E-state index is 0.109. The van der Waals surface area contributed by atoms with Crippen LogP contribution in [0.1, 0.15) is 21.5 Å². The highest BCUT2D eigenvalue weighted by Gasteiger charge is 2.11. The summed E-state index contributed by atoms with van der Waals surface area (Å²) in [7, 11) is 0. The lowest BCUT2D eigenvalue weighted by Crippen LogP contribution is -2.17. The third-order valence-corrected chi connectivity index (χ3v) is 4.67. The molecule has 4 aromatic carbocycles. The van der Waals surface area contributed by atoms with Gasteiger partial charge in [-0.2, -0.15) is 5.10 Å². The van der Waals surface area contributed by atoms with Crippen molar-refractivity contribution in [3.8, 4) is 11.5 Å². The molecule has 0 aliphatic rings. The Bertz CT molecular complexity index is 1250. The van der Waals surface area contributed by atoms with Gasteiger partial charge < -0.3 is 9.84 Å². The van der Waals surface area contributed by atoms with E-state index in [0.29, 0.717) is 12.4 Å². The van der Waals surface area contributed by atoms with Crippen molar-refractivity contribution in [2.45, 2.75) is 6.61 Å². The summed E-state index contributed by atoms with van der Waals surface area (Å²) in [4.78, 5) is 12.4. The van der Waals surface area contributed by atoms with Gasteiger partial charge in [-0.1, -0.05) is 48.5 Å². The lowest BCUT2D eigenvalue weighted by atomic mass is 10.1. The molecule has 0 spiro atoms. The molecule has 0 bridgehead atoms. The van der Waals surface area contributed by atoms with E-state index >= 15 is 0 Å². The topological polar surface area (TPSA) is 70.9 Å². The van der Waals surface area contributed by atoms with Gasteiger partial charge in [-0.25, -0.2) is 9.82 Å². The maximum Gasteiger partial charge on any atom is 0.275 e. The van der Waals surface area contributed by atoms with Crippen LogP contribution in [-0.4, -0.2) is 17.2 Å². The zero-order valence-electron chi connectivity index (χ0n) is 16.5. The molecule has 0 fully saturated rings. The van der Waals surface area contributed by atoms with E-state index < -0.39 is 5.91 Å². The molecule has 4 aromatic rings. The van der Waals surface area contributed by atoms with Gasteiger partial charge in [0.25, 0.3) is 5.91 Å². The number of benzene rings is 4. The lowest BCUT2D eigenvalue weighted by Gasteiger charge is -2.07. The smallest absolute Gasteiger partial charge is 0.275 e. The van der Waals surface area contributed by atoms with Crippen molar-refractivity contribution in [1.29, 1.82) is 0 Å². The molecule has 0 aliphatic heterocycles. The maximum atomic E-state index is 13.0. The molecule has 6 heteroatoms. The predicted octanol–water partition coefficient (Wildman–Crippen LogP) is 5.03. The fourth-order valence-corrected chi connectivity index (χ4v) is 3.07. The summed E-state index contributed by atoms with van der Waals surface area (Å²) < 4.78 is 18.7. The zero-order chi connectivity index (χ0) is 21.6. The number of carbonyl (C=O) groups excluding carboxylic acids is 1. The maximum absolute atomic E-state index is 13.0. The molecule has 1 amide bonds. The van der Waals surface area contributed by atoms with E-state index in [2.05, 4.69) is 10.5 Å². The van der Waals surface area contributed by atoms with Crippen LogP contribution >= 0.6 is 0 Å². The van der Waals surface area contributed by atoms with Crippen molar-refractivity contribution in [1.82, 2.24) is 5.43 Å². The Labute approximate surface area is 178 Å².